The molecule has 1 aliphatic heterocycles. The van der Waals surface area contributed by atoms with Gasteiger partial charge in [0.1, 0.15) is 19.0 Å². The number of likely N-dealkylation sites (tertiary alicyclic amines) is 1. The van der Waals surface area contributed by atoms with E-state index in [0.29, 0.717) is 24.4 Å². The van der Waals surface area contributed by atoms with Crippen LogP contribution in [0.3, 0.4) is 0 Å². The fraction of sp³-hybridized carbons (Fsp3) is 0.286. The quantitative estimate of drug-likeness (QED) is 0.397. The molecule has 3 aromatic rings. The number of benzene rings is 3. The van der Waals surface area contributed by atoms with E-state index < -0.39 is 22.0 Å². The number of piperidine rings is 1. The summed E-state index contributed by atoms with van der Waals surface area (Å²) in [5.74, 6) is -1.11. The maximum Gasteiger partial charge on any atom is 0.410 e. The number of halogens is 1. The zero-order chi connectivity index (χ0) is 27.0. The Kier molecular flexibility index (Phi) is 9.25. The Morgan fingerprint density at radius 1 is 0.921 bits per heavy atom. The Morgan fingerprint density at radius 2 is 1.61 bits per heavy atom. The van der Waals surface area contributed by atoms with Crippen molar-refractivity contribution >= 4 is 33.6 Å². The number of rotatable bonds is 9. The van der Waals surface area contributed by atoms with Gasteiger partial charge in [0.2, 0.25) is 10.0 Å². The topological polar surface area (TPSA) is 102 Å². The van der Waals surface area contributed by atoms with Crippen LogP contribution >= 0.6 is 11.6 Å². The summed E-state index contributed by atoms with van der Waals surface area (Å²) in [4.78, 5) is 26.9. The van der Waals surface area contributed by atoms with Crippen LogP contribution in [0.1, 0.15) is 34.3 Å². The number of carbonyl (C=O) groups is 2. The van der Waals surface area contributed by atoms with Gasteiger partial charge in [0.05, 0.1) is 11.3 Å². The van der Waals surface area contributed by atoms with Crippen LogP contribution in [0.25, 0.3) is 0 Å². The standard InChI is InChI=1S/C28H29ClN2O6S/c29-24-14-12-22(13-15-24)18-36-26-11-5-4-10-25(26)27(32)30-38(34,35)20-23-9-6-16-31(17-23)28(33)37-19-21-7-2-1-3-8-21/h1-5,7-8,10-15,23H,6,9,16-20H2,(H,30,32)/t23-/m1/s1. The minimum atomic E-state index is -3.97. The minimum absolute atomic E-state index is 0.111. The van der Waals surface area contributed by atoms with Gasteiger partial charge in [-0.3, -0.25) is 4.79 Å². The van der Waals surface area contributed by atoms with E-state index in [-0.39, 0.29) is 42.7 Å². The van der Waals surface area contributed by atoms with Gasteiger partial charge in [-0.25, -0.2) is 17.9 Å². The monoisotopic (exact) mass is 556 g/mol. The summed E-state index contributed by atoms with van der Waals surface area (Å²) in [5, 5.41) is 0.601. The van der Waals surface area contributed by atoms with Gasteiger partial charge in [0.15, 0.2) is 0 Å². The van der Waals surface area contributed by atoms with E-state index in [2.05, 4.69) is 4.72 Å². The van der Waals surface area contributed by atoms with Crippen LogP contribution in [0.2, 0.25) is 5.02 Å². The molecular formula is C28H29ClN2O6S. The Labute approximate surface area is 227 Å². The molecule has 0 saturated carbocycles. The molecule has 8 nitrogen and oxygen atoms in total. The third-order valence-corrected chi connectivity index (χ3v) is 7.78. The summed E-state index contributed by atoms with van der Waals surface area (Å²) < 4.78 is 39.1. The Bertz CT molecular complexity index is 1350. The van der Waals surface area contributed by atoms with Gasteiger partial charge in [-0.15, -0.1) is 0 Å². The lowest BCUT2D eigenvalue weighted by molar-refractivity contribution is 0.0811. The van der Waals surface area contributed by atoms with Gasteiger partial charge in [0.25, 0.3) is 5.91 Å². The van der Waals surface area contributed by atoms with Crippen molar-refractivity contribution in [2.75, 3.05) is 18.8 Å². The largest absolute Gasteiger partial charge is 0.488 e. The molecule has 4 rings (SSSR count). The molecule has 1 heterocycles. The van der Waals surface area contributed by atoms with Crippen molar-refractivity contribution in [3.05, 3.63) is 101 Å². The molecule has 1 aliphatic rings. The highest BCUT2D eigenvalue weighted by molar-refractivity contribution is 7.90. The first-order valence-electron chi connectivity index (χ1n) is 12.3. The second kappa shape index (κ2) is 12.8. The molecule has 200 valence electrons. The molecule has 0 bridgehead atoms. The fourth-order valence-electron chi connectivity index (χ4n) is 4.25. The van der Waals surface area contributed by atoms with Gasteiger partial charge < -0.3 is 14.4 Å². The molecule has 0 unspecified atom stereocenters. The second-order valence-corrected chi connectivity index (χ2v) is 11.3. The van der Waals surface area contributed by atoms with Crippen LogP contribution in [0, 0.1) is 5.92 Å². The van der Waals surface area contributed by atoms with Crippen molar-refractivity contribution in [2.45, 2.75) is 26.1 Å². The number of nitrogens with one attached hydrogen (secondary N) is 1. The lowest BCUT2D eigenvalue weighted by Crippen LogP contribution is -2.44. The van der Waals surface area contributed by atoms with E-state index >= 15 is 0 Å². The Morgan fingerprint density at radius 3 is 2.37 bits per heavy atom. The van der Waals surface area contributed by atoms with Crippen LogP contribution in [-0.4, -0.2) is 44.2 Å². The molecular weight excluding hydrogens is 528 g/mol. The molecule has 3 aromatic carbocycles. The SMILES string of the molecule is O=C(NS(=O)(=O)C[C@@H]1CCCN(C(=O)OCc2ccccc2)C1)c1ccccc1OCc1ccc(Cl)cc1. The van der Waals surface area contributed by atoms with Crippen molar-refractivity contribution in [3.63, 3.8) is 0 Å². The number of ether oxygens (including phenoxy) is 2. The number of sulfonamides is 1. The first-order chi connectivity index (χ1) is 18.3. The highest BCUT2D eigenvalue weighted by atomic mass is 35.5. The van der Waals surface area contributed by atoms with Gasteiger partial charge >= 0.3 is 6.09 Å². The number of para-hydroxylation sites is 1. The summed E-state index contributed by atoms with van der Waals surface area (Å²) >= 11 is 5.91. The lowest BCUT2D eigenvalue weighted by Gasteiger charge is -2.31. The van der Waals surface area contributed by atoms with Gasteiger partial charge in [-0.05, 0) is 54.2 Å². The van der Waals surface area contributed by atoms with E-state index in [1.54, 1.807) is 42.5 Å². The summed E-state index contributed by atoms with van der Waals surface area (Å²) in [5.41, 5.74) is 1.83. The third-order valence-electron chi connectivity index (χ3n) is 6.12. The maximum atomic E-state index is 12.9. The van der Waals surface area contributed by atoms with Crippen LogP contribution in [-0.2, 0) is 28.0 Å². The summed E-state index contributed by atoms with van der Waals surface area (Å²) in [6, 6.07) is 22.9. The fourth-order valence-corrected chi connectivity index (χ4v) is 5.74. The predicted molar refractivity (Wildman–Crippen MR) is 144 cm³/mol. The molecule has 1 atom stereocenters. The smallest absolute Gasteiger partial charge is 0.410 e. The van der Waals surface area contributed by atoms with E-state index in [9.17, 15) is 18.0 Å². The number of carbonyl (C=O) groups excluding carboxylic acids is 2. The van der Waals surface area contributed by atoms with Crippen LogP contribution < -0.4 is 9.46 Å². The lowest BCUT2D eigenvalue weighted by atomic mass is 10.0. The van der Waals surface area contributed by atoms with Gasteiger partial charge in [-0.1, -0.05) is 66.2 Å². The molecule has 0 radical (unpaired) electrons. The first-order valence-corrected chi connectivity index (χ1v) is 14.3. The van der Waals surface area contributed by atoms with E-state index in [1.165, 1.54) is 11.0 Å². The molecule has 0 aromatic heterocycles. The first kappa shape index (κ1) is 27.5. The number of amides is 2. The number of nitrogens with zero attached hydrogens (tertiary/aromatic N) is 1. The summed E-state index contributed by atoms with van der Waals surface area (Å²) in [7, 11) is -3.97. The molecule has 0 aliphatic carbocycles. The van der Waals surface area contributed by atoms with Crippen molar-refractivity contribution in [2.24, 2.45) is 5.92 Å². The van der Waals surface area contributed by atoms with Crippen LogP contribution in [0.4, 0.5) is 4.79 Å². The Hall–Kier alpha value is -3.56. The highest BCUT2D eigenvalue weighted by Gasteiger charge is 2.29. The summed E-state index contributed by atoms with van der Waals surface area (Å²) in [6.45, 7) is 1.07. The number of hydrogen-bond acceptors (Lipinski definition) is 6. The third kappa shape index (κ3) is 7.97. The second-order valence-electron chi connectivity index (χ2n) is 9.12. The zero-order valence-corrected chi connectivity index (χ0v) is 22.3. The molecule has 10 heteroatoms. The van der Waals surface area contributed by atoms with E-state index in [0.717, 1.165) is 11.1 Å². The van der Waals surface area contributed by atoms with E-state index in [1.807, 2.05) is 30.3 Å². The van der Waals surface area contributed by atoms with Crippen molar-refractivity contribution in [1.29, 1.82) is 0 Å². The van der Waals surface area contributed by atoms with Crippen LogP contribution in [0.15, 0.2) is 78.9 Å². The average molecular weight is 557 g/mol. The number of hydrogen-bond donors (Lipinski definition) is 1. The average Bonchev–Trinajstić information content (AvgIpc) is 2.91. The molecule has 1 N–H and O–H groups in total. The molecule has 1 fully saturated rings. The molecule has 38 heavy (non-hydrogen) atoms. The molecule has 1 saturated heterocycles. The van der Waals surface area contributed by atoms with Gasteiger partial charge in [0, 0.05) is 18.1 Å². The summed E-state index contributed by atoms with van der Waals surface area (Å²) in [6.07, 6.45) is 0.792. The van der Waals surface area contributed by atoms with Crippen molar-refractivity contribution < 1.29 is 27.5 Å². The maximum absolute atomic E-state index is 12.9. The van der Waals surface area contributed by atoms with Crippen LogP contribution in [0.5, 0.6) is 5.75 Å². The van der Waals surface area contributed by atoms with E-state index in [4.69, 9.17) is 21.1 Å². The minimum Gasteiger partial charge on any atom is -0.488 e. The van der Waals surface area contributed by atoms with Crippen molar-refractivity contribution in [1.82, 2.24) is 9.62 Å². The van der Waals surface area contributed by atoms with Gasteiger partial charge in [-0.2, -0.15) is 0 Å². The Balaban J connectivity index is 1.32. The molecule has 0 spiro atoms. The molecule has 2 amide bonds. The normalized spacial score (nSPS) is 15.5. The predicted octanol–water partition coefficient (Wildman–Crippen LogP) is 5.03. The zero-order valence-electron chi connectivity index (χ0n) is 20.7. The highest BCUT2D eigenvalue weighted by Crippen LogP contribution is 2.22. The van der Waals surface area contributed by atoms with Crippen molar-refractivity contribution in [3.8, 4) is 5.75 Å².